The van der Waals surface area contributed by atoms with E-state index in [1.54, 1.807) is 13.8 Å². The molecule has 94 valence electrons. The first-order chi connectivity index (χ1) is 7.76. The first-order valence-corrected chi connectivity index (χ1v) is 5.45. The lowest BCUT2D eigenvalue weighted by atomic mass is 9.79. The van der Waals surface area contributed by atoms with Gasteiger partial charge in [-0.3, -0.25) is 0 Å². The Bertz CT molecular complexity index is 396. The van der Waals surface area contributed by atoms with Crippen LogP contribution in [0.1, 0.15) is 19.4 Å². The molecule has 0 fully saturated rings. The Balaban J connectivity index is 3.03. The minimum Gasteiger partial charge on any atom is -0.479 e. The van der Waals surface area contributed by atoms with E-state index in [2.05, 4.69) is 0 Å². The predicted molar refractivity (Wildman–Crippen MR) is 67.4 cm³/mol. The molecular weight excluding hydrogens is 218 g/mol. The van der Waals surface area contributed by atoms with Gasteiger partial charge >= 0.3 is 5.97 Å². The van der Waals surface area contributed by atoms with Crippen molar-refractivity contribution in [2.45, 2.75) is 25.4 Å². The number of anilines is 1. The summed E-state index contributed by atoms with van der Waals surface area (Å²) in [6.45, 7) is 3.44. The molecule has 0 saturated carbocycles. The number of aliphatic hydroxyl groups is 1. The van der Waals surface area contributed by atoms with Gasteiger partial charge in [0.25, 0.3) is 0 Å². The zero-order valence-electron chi connectivity index (χ0n) is 10.6. The summed E-state index contributed by atoms with van der Waals surface area (Å²) in [5, 5.41) is 18.5. The van der Waals surface area contributed by atoms with Crippen molar-refractivity contribution >= 4 is 11.7 Å². The molecule has 0 amide bonds. The number of hydrogen-bond donors (Lipinski definition) is 2. The molecule has 1 atom stereocenters. The van der Waals surface area contributed by atoms with E-state index in [9.17, 15) is 9.90 Å². The number of benzene rings is 1. The Morgan fingerprint density at radius 1 is 1.24 bits per heavy atom. The molecule has 0 aliphatic carbocycles. The second-order valence-electron chi connectivity index (χ2n) is 4.90. The molecule has 1 aromatic carbocycles. The van der Waals surface area contributed by atoms with Crippen LogP contribution in [-0.2, 0) is 10.2 Å². The predicted octanol–water partition coefficient (Wildman–Crippen LogP) is 1.48. The van der Waals surface area contributed by atoms with Crippen LogP contribution in [0.4, 0.5) is 5.69 Å². The number of carboxylic acids is 1. The largest absolute Gasteiger partial charge is 0.479 e. The van der Waals surface area contributed by atoms with Crippen molar-refractivity contribution in [3.05, 3.63) is 29.8 Å². The SMILES string of the molecule is CN(C)c1ccc(C(C)(C)C(O)C(=O)O)cc1. The standard InChI is InChI=1S/C13H19NO3/c1-13(2,11(15)12(16)17)9-5-7-10(8-6-9)14(3)4/h5-8,11,15H,1-4H3,(H,16,17). The number of nitrogens with zero attached hydrogens (tertiary/aromatic N) is 1. The third-order valence-electron chi connectivity index (χ3n) is 3.05. The van der Waals surface area contributed by atoms with E-state index in [0.717, 1.165) is 11.3 Å². The number of carbonyl (C=O) groups is 1. The van der Waals surface area contributed by atoms with Crippen molar-refractivity contribution in [3.8, 4) is 0 Å². The zero-order valence-corrected chi connectivity index (χ0v) is 10.6. The van der Waals surface area contributed by atoms with Crippen LogP contribution < -0.4 is 4.90 Å². The monoisotopic (exact) mass is 237 g/mol. The first-order valence-electron chi connectivity index (χ1n) is 5.45. The van der Waals surface area contributed by atoms with Gasteiger partial charge in [-0.15, -0.1) is 0 Å². The topological polar surface area (TPSA) is 60.8 Å². The van der Waals surface area contributed by atoms with Crippen LogP contribution in [0.15, 0.2) is 24.3 Å². The minimum absolute atomic E-state index is 0.804. The fourth-order valence-electron chi connectivity index (χ4n) is 1.66. The fourth-order valence-corrected chi connectivity index (χ4v) is 1.66. The Hall–Kier alpha value is -1.55. The van der Waals surface area contributed by atoms with Gasteiger partial charge in [-0.25, -0.2) is 4.79 Å². The normalized spacial score (nSPS) is 13.2. The van der Waals surface area contributed by atoms with Gasteiger partial charge in [0.15, 0.2) is 6.10 Å². The third kappa shape index (κ3) is 2.77. The highest BCUT2D eigenvalue weighted by atomic mass is 16.4. The lowest BCUT2D eigenvalue weighted by molar-refractivity contribution is -0.150. The summed E-state index contributed by atoms with van der Waals surface area (Å²) in [7, 11) is 3.87. The highest BCUT2D eigenvalue weighted by Crippen LogP contribution is 2.28. The van der Waals surface area contributed by atoms with Crippen LogP contribution in [0.25, 0.3) is 0 Å². The highest BCUT2D eigenvalue weighted by Gasteiger charge is 2.34. The lowest BCUT2D eigenvalue weighted by Gasteiger charge is -2.28. The fraction of sp³-hybridized carbons (Fsp3) is 0.462. The lowest BCUT2D eigenvalue weighted by Crippen LogP contribution is -2.39. The summed E-state index contributed by atoms with van der Waals surface area (Å²) < 4.78 is 0. The number of hydrogen-bond acceptors (Lipinski definition) is 3. The quantitative estimate of drug-likeness (QED) is 0.832. The zero-order chi connectivity index (χ0) is 13.2. The third-order valence-corrected chi connectivity index (χ3v) is 3.05. The van der Waals surface area contributed by atoms with Crippen molar-refractivity contribution in [2.75, 3.05) is 19.0 Å². The molecule has 4 nitrogen and oxygen atoms in total. The summed E-state index contributed by atoms with van der Waals surface area (Å²) in [5.41, 5.74) is 1.03. The van der Waals surface area contributed by atoms with E-state index in [1.807, 2.05) is 43.3 Å². The molecule has 0 aliphatic heterocycles. The van der Waals surface area contributed by atoms with Gasteiger partial charge < -0.3 is 15.1 Å². The smallest absolute Gasteiger partial charge is 0.333 e. The molecule has 2 N–H and O–H groups in total. The number of aliphatic hydroxyl groups excluding tert-OH is 1. The minimum atomic E-state index is -1.41. The Morgan fingerprint density at radius 2 is 1.71 bits per heavy atom. The van der Waals surface area contributed by atoms with Crippen molar-refractivity contribution < 1.29 is 15.0 Å². The van der Waals surface area contributed by atoms with Crippen LogP contribution in [0.2, 0.25) is 0 Å². The molecule has 0 saturated heterocycles. The second-order valence-corrected chi connectivity index (χ2v) is 4.90. The van der Waals surface area contributed by atoms with Crippen LogP contribution >= 0.6 is 0 Å². The van der Waals surface area contributed by atoms with Gasteiger partial charge in [0.1, 0.15) is 0 Å². The van der Waals surface area contributed by atoms with E-state index < -0.39 is 17.5 Å². The summed E-state index contributed by atoms with van der Waals surface area (Å²) in [6, 6.07) is 7.51. The molecule has 0 aliphatic rings. The molecule has 1 unspecified atom stereocenters. The molecule has 0 spiro atoms. The molecule has 0 heterocycles. The molecule has 0 bridgehead atoms. The van der Waals surface area contributed by atoms with Crippen molar-refractivity contribution in [1.82, 2.24) is 0 Å². The second kappa shape index (κ2) is 4.75. The van der Waals surface area contributed by atoms with Gasteiger partial charge in [0.05, 0.1) is 0 Å². The molecule has 0 aromatic heterocycles. The van der Waals surface area contributed by atoms with Crippen molar-refractivity contribution in [2.24, 2.45) is 0 Å². The molecule has 0 radical (unpaired) electrons. The van der Waals surface area contributed by atoms with Gasteiger partial charge in [-0.1, -0.05) is 26.0 Å². The summed E-state index contributed by atoms with van der Waals surface area (Å²) in [5.74, 6) is -1.20. The van der Waals surface area contributed by atoms with Crippen LogP contribution in [-0.4, -0.2) is 36.4 Å². The first kappa shape index (κ1) is 13.5. The summed E-state index contributed by atoms with van der Waals surface area (Å²) in [6.07, 6.45) is -1.41. The van der Waals surface area contributed by atoms with Crippen LogP contribution in [0, 0.1) is 0 Å². The van der Waals surface area contributed by atoms with E-state index in [0.29, 0.717) is 0 Å². The van der Waals surface area contributed by atoms with Gasteiger partial charge in [-0.05, 0) is 17.7 Å². The molecule has 1 aromatic rings. The molecular formula is C13H19NO3. The molecule has 17 heavy (non-hydrogen) atoms. The number of carboxylic acid groups (broad SMARTS) is 1. The maximum absolute atomic E-state index is 10.8. The van der Waals surface area contributed by atoms with Crippen LogP contribution in [0.5, 0.6) is 0 Å². The van der Waals surface area contributed by atoms with E-state index in [-0.39, 0.29) is 0 Å². The average molecular weight is 237 g/mol. The number of rotatable bonds is 4. The van der Waals surface area contributed by atoms with Gasteiger partial charge in [0, 0.05) is 25.2 Å². The Labute approximate surface area is 101 Å². The maximum atomic E-state index is 10.8. The number of aliphatic carboxylic acids is 1. The van der Waals surface area contributed by atoms with E-state index in [4.69, 9.17) is 5.11 Å². The van der Waals surface area contributed by atoms with E-state index in [1.165, 1.54) is 0 Å². The molecule has 1 rings (SSSR count). The average Bonchev–Trinajstić information content (AvgIpc) is 2.27. The molecule has 4 heteroatoms. The maximum Gasteiger partial charge on any atom is 0.333 e. The summed E-state index contributed by atoms with van der Waals surface area (Å²) in [4.78, 5) is 12.8. The van der Waals surface area contributed by atoms with Crippen molar-refractivity contribution in [3.63, 3.8) is 0 Å². The summed E-state index contributed by atoms with van der Waals surface area (Å²) >= 11 is 0. The van der Waals surface area contributed by atoms with Crippen LogP contribution in [0.3, 0.4) is 0 Å². The van der Waals surface area contributed by atoms with Gasteiger partial charge in [0.2, 0.25) is 0 Å². The Kier molecular flexibility index (Phi) is 3.78. The highest BCUT2D eigenvalue weighted by molar-refractivity contribution is 5.74. The van der Waals surface area contributed by atoms with Gasteiger partial charge in [-0.2, -0.15) is 0 Å². The van der Waals surface area contributed by atoms with E-state index >= 15 is 0 Å². The Morgan fingerprint density at radius 3 is 2.06 bits per heavy atom. The van der Waals surface area contributed by atoms with Crippen molar-refractivity contribution in [1.29, 1.82) is 0 Å².